The van der Waals surface area contributed by atoms with Gasteiger partial charge in [0.2, 0.25) is 0 Å². The summed E-state index contributed by atoms with van der Waals surface area (Å²) in [6.07, 6.45) is 2.50. The average molecular weight is 368 g/mol. The molecule has 0 atom stereocenters. The standard InChI is InChI=1S/C11H13NO2.C10H11NO2/c1-14-11(13)9-3-5-10(6-4-9)12-7-2-8-12;12-10(13)8-2-4-9(5-3-8)11-6-1-7-11/h3-6H,2,7-8H2,1H3;2-5H,1,6-7H2,(H,12,13). The van der Waals surface area contributed by atoms with Crippen molar-refractivity contribution in [3.63, 3.8) is 0 Å². The van der Waals surface area contributed by atoms with Gasteiger partial charge in [0.05, 0.1) is 18.2 Å². The van der Waals surface area contributed by atoms with Crippen molar-refractivity contribution in [3.05, 3.63) is 59.7 Å². The molecular weight excluding hydrogens is 344 g/mol. The largest absolute Gasteiger partial charge is 0.478 e. The zero-order chi connectivity index (χ0) is 19.2. The fourth-order valence-corrected chi connectivity index (χ4v) is 2.89. The minimum absolute atomic E-state index is 0.278. The third kappa shape index (κ3) is 4.58. The number of nitrogens with zero attached hydrogens (tertiary/aromatic N) is 2. The number of hydrogen-bond donors (Lipinski definition) is 1. The number of carbonyl (C=O) groups is 2. The van der Waals surface area contributed by atoms with E-state index >= 15 is 0 Å². The van der Waals surface area contributed by atoms with Gasteiger partial charge in [-0.1, -0.05) is 0 Å². The normalized spacial score (nSPS) is 15.0. The second kappa shape index (κ2) is 8.58. The number of carbonyl (C=O) groups excluding carboxylic acids is 1. The first-order chi connectivity index (χ1) is 13.1. The Morgan fingerprint density at radius 3 is 1.48 bits per heavy atom. The van der Waals surface area contributed by atoms with E-state index in [1.807, 2.05) is 24.3 Å². The van der Waals surface area contributed by atoms with E-state index in [0.29, 0.717) is 11.1 Å². The number of benzene rings is 2. The lowest BCUT2D eigenvalue weighted by atomic mass is 10.1. The first-order valence-electron chi connectivity index (χ1n) is 9.10. The Morgan fingerprint density at radius 2 is 1.19 bits per heavy atom. The summed E-state index contributed by atoms with van der Waals surface area (Å²) in [5, 5.41) is 8.67. The van der Waals surface area contributed by atoms with E-state index in [9.17, 15) is 9.59 Å². The number of carboxylic acid groups (broad SMARTS) is 1. The van der Waals surface area contributed by atoms with Crippen LogP contribution in [0, 0.1) is 0 Å². The van der Waals surface area contributed by atoms with Crippen molar-refractivity contribution in [2.45, 2.75) is 12.8 Å². The van der Waals surface area contributed by atoms with E-state index in [-0.39, 0.29) is 5.97 Å². The van der Waals surface area contributed by atoms with Gasteiger partial charge in [-0.25, -0.2) is 9.59 Å². The van der Waals surface area contributed by atoms with Crippen LogP contribution in [-0.2, 0) is 4.74 Å². The molecule has 0 saturated carbocycles. The maximum absolute atomic E-state index is 11.1. The molecule has 1 N–H and O–H groups in total. The van der Waals surface area contributed by atoms with Crippen LogP contribution in [0.15, 0.2) is 48.5 Å². The van der Waals surface area contributed by atoms with Gasteiger partial charge in [0.25, 0.3) is 0 Å². The van der Waals surface area contributed by atoms with Crippen molar-refractivity contribution in [2.24, 2.45) is 0 Å². The third-order valence-electron chi connectivity index (χ3n) is 4.85. The fraction of sp³-hybridized carbons (Fsp3) is 0.333. The van der Waals surface area contributed by atoms with Crippen LogP contribution in [0.5, 0.6) is 0 Å². The van der Waals surface area contributed by atoms with Crippen LogP contribution in [0.3, 0.4) is 0 Å². The molecule has 0 unspecified atom stereocenters. The van der Waals surface area contributed by atoms with Gasteiger partial charge in [0.15, 0.2) is 0 Å². The number of esters is 1. The van der Waals surface area contributed by atoms with Gasteiger partial charge in [-0.2, -0.15) is 0 Å². The van der Waals surface area contributed by atoms with Gasteiger partial charge in [0, 0.05) is 37.6 Å². The van der Waals surface area contributed by atoms with E-state index < -0.39 is 5.97 Å². The van der Waals surface area contributed by atoms with Crippen LogP contribution in [0.1, 0.15) is 33.6 Å². The summed E-state index contributed by atoms with van der Waals surface area (Å²) in [5.41, 5.74) is 3.27. The van der Waals surface area contributed by atoms with E-state index in [0.717, 1.165) is 31.9 Å². The number of anilines is 2. The Labute approximate surface area is 159 Å². The van der Waals surface area contributed by atoms with Gasteiger partial charge in [-0.15, -0.1) is 0 Å². The maximum Gasteiger partial charge on any atom is 0.337 e. The zero-order valence-corrected chi connectivity index (χ0v) is 15.4. The van der Waals surface area contributed by atoms with Crippen LogP contribution in [0.25, 0.3) is 0 Å². The van der Waals surface area contributed by atoms with Crippen molar-refractivity contribution in [2.75, 3.05) is 43.1 Å². The van der Waals surface area contributed by atoms with E-state index in [1.54, 1.807) is 24.3 Å². The number of methoxy groups -OCH3 is 1. The van der Waals surface area contributed by atoms with Crippen LogP contribution < -0.4 is 9.80 Å². The molecule has 6 nitrogen and oxygen atoms in total. The SMILES string of the molecule is COC(=O)c1ccc(N2CCC2)cc1.O=C(O)c1ccc(N2CCC2)cc1. The summed E-state index contributed by atoms with van der Waals surface area (Å²) >= 11 is 0. The van der Waals surface area contributed by atoms with Crippen molar-refractivity contribution in [1.29, 1.82) is 0 Å². The quantitative estimate of drug-likeness (QED) is 0.835. The Hall–Kier alpha value is -3.02. The summed E-state index contributed by atoms with van der Waals surface area (Å²) in [4.78, 5) is 26.2. The lowest BCUT2D eigenvalue weighted by Gasteiger charge is -2.33. The molecule has 2 heterocycles. The van der Waals surface area contributed by atoms with Crippen LogP contribution in [0.4, 0.5) is 11.4 Å². The number of rotatable bonds is 4. The minimum atomic E-state index is -0.866. The molecule has 6 heteroatoms. The molecule has 2 aliphatic heterocycles. The maximum atomic E-state index is 11.1. The lowest BCUT2D eigenvalue weighted by Crippen LogP contribution is -2.36. The highest BCUT2D eigenvalue weighted by molar-refractivity contribution is 5.89. The van der Waals surface area contributed by atoms with Crippen LogP contribution in [0.2, 0.25) is 0 Å². The highest BCUT2D eigenvalue weighted by Gasteiger charge is 2.15. The Balaban J connectivity index is 0.000000156. The molecular formula is C21H24N2O4. The number of ether oxygens (including phenoxy) is 1. The minimum Gasteiger partial charge on any atom is -0.478 e. The molecule has 27 heavy (non-hydrogen) atoms. The lowest BCUT2D eigenvalue weighted by molar-refractivity contribution is 0.0600. The number of hydrogen-bond acceptors (Lipinski definition) is 5. The van der Waals surface area contributed by atoms with E-state index in [4.69, 9.17) is 5.11 Å². The molecule has 0 amide bonds. The summed E-state index contributed by atoms with van der Waals surface area (Å²) in [6, 6.07) is 14.6. The van der Waals surface area contributed by atoms with Gasteiger partial charge in [0.1, 0.15) is 0 Å². The zero-order valence-electron chi connectivity index (χ0n) is 15.4. The molecule has 0 aromatic heterocycles. The molecule has 2 saturated heterocycles. The smallest absolute Gasteiger partial charge is 0.337 e. The Bertz CT molecular complexity index is 779. The first kappa shape index (κ1) is 18.8. The summed E-state index contributed by atoms with van der Waals surface area (Å²) in [7, 11) is 1.39. The molecule has 0 bridgehead atoms. The number of carboxylic acids is 1. The van der Waals surface area contributed by atoms with Crippen LogP contribution >= 0.6 is 0 Å². The molecule has 0 aliphatic carbocycles. The third-order valence-corrected chi connectivity index (χ3v) is 4.85. The summed E-state index contributed by atoms with van der Waals surface area (Å²) < 4.78 is 4.62. The van der Waals surface area contributed by atoms with E-state index in [2.05, 4.69) is 14.5 Å². The van der Waals surface area contributed by atoms with Crippen molar-refractivity contribution in [1.82, 2.24) is 0 Å². The molecule has 4 rings (SSSR count). The molecule has 2 fully saturated rings. The van der Waals surface area contributed by atoms with Gasteiger partial charge in [-0.3, -0.25) is 0 Å². The molecule has 142 valence electrons. The van der Waals surface area contributed by atoms with Gasteiger partial charge < -0.3 is 19.6 Å². The Morgan fingerprint density at radius 1 is 0.778 bits per heavy atom. The molecule has 2 aliphatic rings. The first-order valence-corrected chi connectivity index (χ1v) is 9.10. The summed E-state index contributed by atoms with van der Waals surface area (Å²) in [5.74, 6) is -1.14. The second-order valence-electron chi connectivity index (χ2n) is 6.57. The van der Waals surface area contributed by atoms with Crippen molar-refractivity contribution < 1.29 is 19.4 Å². The summed E-state index contributed by atoms with van der Waals surface area (Å²) in [6.45, 7) is 4.42. The molecule has 0 radical (unpaired) electrons. The van der Waals surface area contributed by atoms with Gasteiger partial charge >= 0.3 is 11.9 Å². The average Bonchev–Trinajstić information content (AvgIpc) is 2.60. The monoisotopic (exact) mass is 368 g/mol. The Kier molecular flexibility index (Phi) is 5.96. The highest BCUT2D eigenvalue weighted by Crippen LogP contribution is 2.21. The number of aromatic carboxylic acids is 1. The van der Waals surface area contributed by atoms with Crippen molar-refractivity contribution >= 4 is 23.3 Å². The van der Waals surface area contributed by atoms with E-state index in [1.165, 1.54) is 25.6 Å². The van der Waals surface area contributed by atoms with Crippen molar-refractivity contribution in [3.8, 4) is 0 Å². The molecule has 2 aromatic carbocycles. The molecule has 2 aromatic rings. The van der Waals surface area contributed by atoms with Gasteiger partial charge in [-0.05, 0) is 61.4 Å². The fourth-order valence-electron chi connectivity index (χ4n) is 2.89. The predicted molar refractivity (Wildman–Crippen MR) is 105 cm³/mol. The topological polar surface area (TPSA) is 70.1 Å². The second-order valence-corrected chi connectivity index (χ2v) is 6.57. The molecule has 0 spiro atoms. The predicted octanol–water partition coefficient (Wildman–Crippen LogP) is 3.28. The van der Waals surface area contributed by atoms with Crippen LogP contribution in [-0.4, -0.2) is 50.3 Å². The highest BCUT2D eigenvalue weighted by atomic mass is 16.5.